The van der Waals surface area contributed by atoms with Crippen molar-refractivity contribution in [3.63, 3.8) is 0 Å². The summed E-state index contributed by atoms with van der Waals surface area (Å²) in [6, 6.07) is 7.58. The zero-order chi connectivity index (χ0) is 11.5. The van der Waals surface area contributed by atoms with Gasteiger partial charge in [0.25, 0.3) is 0 Å². The SMILES string of the molecule is CCn1ccnc1-c1ccccc1C(C)=O. The summed E-state index contributed by atoms with van der Waals surface area (Å²) in [5.41, 5.74) is 1.63. The summed E-state index contributed by atoms with van der Waals surface area (Å²) in [5, 5.41) is 0. The van der Waals surface area contributed by atoms with Crippen molar-refractivity contribution in [1.82, 2.24) is 9.55 Å². The lowest BCUT2D eigenvalue weighted by molar-refractivity contribution is 0.101. The minimum absolute atomic E-state index is 0.0706. The van der Waals surface area contributed by atoms with Crippen LogP contribution in [0.1, 0.15) is 24.2 Å². The Morgan fingerprint density at radius 3 is 2.81 bits per heavy atom. The Labute approximate surface area is 94.7 Å². The van der Waals surface area contributed by atoms with E-state index in [9.17, 15) is 4.79 Å². The van der Waals surface area contributed by atoms with Crippen LogP contribution < -0.4 is 0 Å². The Kier molecular flexibility index (Phi) is 2.86. The number of carbonyl (C=O) groups excluding carboxylic acids is 1. The van der Waals surface area contributed by atoms with Gasteiger partial charge in [0.05, 0.1) is 0 Å². The van der Waals surface area contributed by atoms with E-state index in [1.54, 1.807) is 13.1 Å². The van der Waals surface area contributed by atoms with Crippen LogP contribution in [0.3, 0.4) is 0 Å². The molecule has 0 fully saturated rings. The second-order valence-corrected chi connectivity index (χ2v) is 3.64. The Balaban J connectivity index is 2.60. The average molecular weight is 214 g/mol. The van der Waals surface area contributed by atoms with Crippen LogP contribution in [0.25, 0.3) is 11.4 Å². The first-order chi connectivity index (χ1) is 7.74. The molecule has 0 aliphatic heterocycles. The number of benzene rings is 1. The molecule has 0 aliphatic carbocycles. The largest absolute Gasteiger partial charge is 0.331 e. The zero-order valence-corrected chi connectivity index (χ0v) is 9.47. The van der Waals surface area contributed by atoms with Crippen molar-refractivity contribution in [1.29, 1.82) is 0 Å². The first-order valence-corrected chi connectivity index (χ1v) is 5.35. The molecule has 3 nitrogen and oxygen atoms in total. The molecule has 3 heteroatoms. The Hall–Kier alpha value is -1.90. The molecule has 0 unspecified atom stereocenters. The molecular weight excluding hydrogens is 200 g/mol. The van der Waals surface area contributed by atoms with Crippen LogP contribution in [-0.2, 0) is 6.54 Å². The second kappa shape index (κ2) is 4.31. The highest BCUT2D eigenvalue weighted by molar-refractivity contribution is 6.00. The van der Waals surface area contributed by atoms with E-state index in [0.29, 0.717) is 0 Å². The smallest absolute Gasteiger partial charge is 0.160 e. The van der Waals surface area contributed by atoms with Gasteiger partial charge in [-0.25, -0.2) is 4.98 Å². The Morgan fingerprint density at radius 2 is 2.12 bits per heavy atom. The lowest BCUT2D eigenvalue weighted by Crippen LogP contribution is -2.01. The van der Waals surface area contributed by atoms with Crippen LogP contribution in [0.15, 0.2) is 36.7 Å². The lowest BCUT2D eigenvalue weighted by atomic mass is 10.0. The molecule has 2 rings (SSSR count). The molecule has 0 bridgehead atoms. The maximum Gasteiger partial charge on any atom is 0.160 e. The van der Waals surface area contributed by atoms with Gasteiger partial charge in [-0.1, -0.05) is 24.3 Å². The molecule has 1 aromatic heterocycles. The van der Waals surface area contributed by atoms with E-state index >= 15 is 0 Å². The van der Waals surface area contributed by atoms with Gasteiger partial charge in [0, 0.05) is 30.1 Å². The quantitative estimate of drug-likeness (QED) is 0.736. The average Bonchev–Trinajstić information content (AvgIpc) is 2.76. The number of Topliss-reactive ketones (excluding diaryl/α,β-unsaturated/α-hetero) is 1. The fraction of sp³-hybridized carbons (Fsp3) is 0.231. The van der Waals surface area contributed by atoms with E-state index in [1.165, 1.54) is 0 Å². The van der Waals surface area contributed by atoms with Crippen LogP contribution in [0.4, 0.5) is 0 Å². The molecule has 0 saturated heterocycles. The van der Waals surface area contributed by atoms with E-state index in [0.717, 1.165) is 23.5 Å². The number of rotatable bonds is 3. The van der Waals surface area contributed by atoms with Gasteiger partial charge < -0.3 is 4.57 Å². The minimum atomic E-state index is 0.0706. The van der Waals surface area contributed by atoms with Crippen molar-refractivity contribution < 1.29 is 4.79 Å². The molecular formula is C13H14N2O. The highest BCUT2D eigenvalue weighted by Gasteiger charge is 2.11. The second-order valence-electron chi connectivity index (χ2n) is 3.64. The standard InChI is InChI=1S/C13H14N2O/c1-3-15-9-8-14-13(15)12-7-5-4-6-11(12)10(2)16/h4-9H,3H2,1-2H3. The van der Waals surface area contributed by atoms with Gasteiger partial charge >= 0.3 is 0 Å². The van der Waals surface area contributed by atoms with Gasteiger partial charge in [0.1, 0.15) is 5.82 Å². The highest BCUT2D eigenvalue weighted by atomic mass is 16.1. The summed E-state index contributed by atoms with van der Waals surface area (Å²) in [5.74, 6) is 0.926. The molecule has 0 aliphatic rings. The summed E-state index contributed by atoms with van der Waals surface area (Å²) in [6.07, 6.45) is 3.68. The summed E-state index contributed by atoms with van der Waals surface area (Å²) in [7, 11) is 0. The Bertz CT molecular complexity index is 514. The van der Waals surface area contributed by atoms with E-state index in [2.05, 4.69) is 11.9 Å². The van der Waals surface area contributed by atoms with Gasteiger partial charge in [-0.05, 0) is 13.8 Å². The van der Waals surface area contributed by atoms with Crippen LogP contribution in [0.5, 0.6) is 0 Å². The van der Waals surface area contributed by atoms with Crippen molar-refractivity contribution in [2.24, 2.45) is 0 Å². The third kappa shape index (κ3) is 1.76. The fourth-order valence-electron chi connectivity index (χ4n) is 1.79. The predicted molar refractivity (Wildman–Crippen MR) is 63.3 cm³/mol. The number of hydrogen-bond acceptors (Lipinski definition) is 2. The van der Waals surface area contributed by atoms with Gasteiger partial charge in [-0.3, -0.25) is 4.79 Å². The lowest BCUT2D eigenvalue weighted by Gasteiger charge is -2.08. The van der Waals surface area contributed by atoms with E-state index in [-0.39, 0.29) is 5.78 Å². The van der Waals surface area contributed by atoms with Crippen LogP contribution in [-0.4, -0.2) is 15.3 Å². The molecule has 16 heavy (non-hydrogen) atoms. The number of imidazole rings is 1. The molecule has 0 atom stereocenters. The van der Waals surface area contributed by atoms with Crippen molar-refractivity contribution in [3.8, 4) is 11.4 Å². The van der Waals surface area contributed by atoms with Crippen molar-refractivity contribution in [2.75, 3.05) is 0 Å². The normalized spacial score (nSPS) is 10.4. The summed E-state index contributed by atoms with van der Waals surface area (Å²) in [4.78, 5) is 15.8. The monoisotopic (exact) mass is 214 g/mol. The van der Waals surface area contributed by atoms with Crippen LogP contribution in [0, 0.1) is 0 Å². The summed E-state index contributed by atoms with van der Waals surface area (Å²) in [6.45, 7) is 4.49. The van der Waals surface area contributed by atoms with Gasteiger partial charge in [-0.15, -0.1) is 0 Å². The van der Waals surface area contributed by atoms with E-state index in [4.69, 9.17) is 0 Å². The van der Waals surface area contributed by atoms with Crippen LogP contribution >= 0.6 is 0 Å². The van der Waals surface area contributed by atoms with Crippen molar-refractivity contribution in [3.05, 3.63) is 42.2 Å². The maximum absolute atomic E-state index is 11.5. The van der Waals surface area contributed by atoms with Crippen molar-refractivity contribution >= 4 is 5.78 Å². The molecule has 0 radical (unpaired) electrons. The van der Waals surface area contributed by atoms with Crippen molar-refractivity contribution in [2.45, 2.75) is 20.4 Å². The first-order valence-electron chi connectivity index (χ1n) is 5.35. The molecule has 1 aromatic carbocycles. The number of carbonyl (C=O) groups is 1. The number of aromatic nitrogens is 2. The highest BCUT2D eigenvalue weighted by Crippen LogP contribution is 2.22. The van der Waals surface area contributed by atoms with E-state index in [1.807, 2.05) is 35.0 Å². The maximum atomic E-state index is 11.5. The molecule has 1 heterocycles. The number of aryl methyl sites for hydroxylation is 1. The molecule has 0 spiro atoms. The first kappa shape index (κ1) is 10.6. The fourth-order valence-corrected chi connectivity index (χ4v) is 1.79. The molecule has 0 saturated carbocycles. The van der Waals surface area contributed by atoms with Gasteiger partial charge in [-0.2, -0.15) is 0 Å². The predicted octanol–water partition coefficient (Wildman–Crippen LogP) is 2.77. The van der Waals surface area contributed by atoms with E-state index < -0.39 is 0 Å². The third-order valence-electron chi connectivity index (χ3n) is 2.60. The summed E-state index contributed by atoms with van der Waals surface area (Å²) >= 11 is 0. The number of ketones is 1. The molecule has 82 valence electrons. The van der Waals surface area contributed by atoms with Crippen LogP contribution in [0.2, 0.25) is 0 Å². The molecule has 2 aromatic rings. The molecule has 0 amide bonds. The third-order valence-corrected chi connectivity index (χ3v) is 2.60. The molecule has 0 N–H and O–H groups in total. The van der Waals surface area contributed by atoms with Gasteiger partial charge in [0.15, 0.2) is 5.78 Å². The minimum Gasteiger partial charge on any atom is -0.331 e. The van der Waals surface area contributed by atoms with Gasteiger partial charge in [0.2, 0.25) is 0 Å². The topological polar surface area (TPSA) is 34.9 Å². The zero-order valence-electron chi connectivity index (χ0n) is 9.47. The number of hydrogen-bond donors (Lipinski definition) is 0. The number of nitrogens with zero attached hydrogens (tertiary/aromatic N) is 2. The Morgan fingerprint density at radius 1 is 1.38 bits per heavy atom. The summed E-state index contributed by atoms with van der Waals surface area (Å²) < 4.78 is 2.03.